The maximum absolute atomic E-state index is 13.4. The molecule has 1 atom stereocenters. The van der Waals surface area contributed by atoms with Gasteiger partial charge in [0, 0.05) is 11.1 Å². The second kappa shape index (κ2) is 9.82. The normalized spacial score (nSPS) is 16.8. The Morgan fingerprint density at radius 2 is 1.78 bits per heavy atom. The van der Waals surface area contributed by atoms with E-state index in [1.54, 1.807) is 56.3 Å². The van der Waals surface area contributed by atoms with Gasteiger partial charge in [0.05, 0.1) is 32.6 Å². The van der Waals surface area contributed by atoms with Gasteiger partial charge in [-0.05, 0) is 43.7 Å². The maximum Gasteiger partial charge on any atom is 0.350 e. The van der Waals surface area contributed by atoms with Crippen molar-refractivity contribution in [3.05, 3.63) is 75.3 Å². The number of nitrogens with zero attached hydrogens (tertiary/aromatic N) is 2. The lowest BCUT2D eigenvalue weighted by atomic mass is 9.93. The standard InChI is InChI=1S/C26H24N2O7S/c1-13-12-15(33-3)10-11-16(13)21(29)19-20(17-8-6-7-9-18(17)34-4)28(24(31)22(19)30)26-27-14(2)23(36-26)25(32)35-5/h6-12,20,29H,1-5H3/b21-19+/t20-/m1/s1. The van der Waals surface area contributed by atoms with Gasteiger partial charge in [-0.3, -0.25) is 14.5 Å². The molecule has 186 valence electrons. The number of thiazole rings is 1. The topological polar surface area (TPSA) is 115 Å². The number of amides is 1. The molecule has 0 aliphatic carbocycles. The van der Waals surface area contributed by atoms with E-state index < -0.39 is 23.7 Å². The predicted octanol–water partition coefficient (Wildman–Crippen LogP) is 4.19. The van der Waals surface area contributed by atoms with E-state index in [9.17, 15) is 19.5 Å². The van der Waals surface area contributed by atoms with Gasteiger partial charge in [0.25, 0.3) is 5.78 Å². The molecule has 2 heterocycles. The Morgan fingerprint density at radius 1 is 1.06 bits per heavy atom. The van der Waals surface area contributed by atoms with Crippen LogP contribution >= 0.6 is 11.3 Å². The number of ketones is 1. The second-order valence-electron chi connectivity index (χ2n) is 7.99. The summed E-state index contributed by atoms with van der Waals surface area (Å²) in [6.45, 7) is 3.38. The Bertz CT molecular complexity index is 1410. The number of carbonyl (C=O) groups excluding carboxylic acids is 3. The highest BCUT2D eigenvalue weighted by Crippen LogP contribution is 2.46. The summed E-state index contributed by atoms with van der Waals surface area (Å²) in [5.41, 5.74) is 1.73. The lowest BCUT2D eigenvalue weighted by molar-refractivity contribution is -0.132. The number of rotatable bonds is 6. The van der Waals surface area contributed by atoms with Gasteiger partial charge in [0.2, 0.25) is 0 Å². The van der Waals surface area contributed by atoms with Crippen LogP contribution in [0.3, 0.4) is 0 Å². The highest BCUT2D eigenvalue weighted by molar-refractivity contribution is 7.17. The van der Waals surface area contributed by atoms with Crippen LogP contribution in [0.1, 0.15) is 38.1 Å². The largest absolute Gasteiger partial charge is 0.507 e. The number of benzene rings is 2. The number of aryl methyl sites for hydroxylation is 2. The minimum atomic E-state index is -1.06. The van der Waals surface area contributed by atoms with Crippen LogP contribution in [-0.2, 0) is 14.3 Å². The molecule has 1 amide bonds. The van der Waals surface area contributed by atoms with Crippen LogP contribution in [0.4, 0.5) is 5.13 Å². The van der Waals surface area contributed by atoms with E-state index in [-0.39, 0.29) is 21.3 Å². The van der Waals surface area contributed by atoms with Gasteiger partial charge in [-0.1, -0.05) is 29.5 Å². The van der Waals surface area contributed by atoms with Crippen LogP contribution in [0.25, 0.3) is 5.76 Å². The molecule has 9 nitrogen and oxygen atoms in total. The summed E-state index contributed by atoms with van der Waals surface area (Å²) in [7, 11) is 4.25. The molecule has 3 aromatic rings. The van der Waals surface area contributed by atoms with Crippen molar-refractivity contribution in [1.82, 2.24) is 4.98 Å². The SMILES string of the molecule is COC(=O)c1sc(N2C(=O)C(=O)/C(=C(/O)c3ccc(OC)cc3C)[C@H]2c2ccccc2OC)nc1C. The smallest absolute Gasteiger partial charge is 0.350 e. The van der Waals surface area contributed by atoms with E-state index in [0.29, 0.717) is 33.9 Å². The van der Waals surface area contributed by atoms with Crippen molar-refractivity contribution in [3.63, 3.8) is 0 Å². The molecular formula is C26H24N2O7S. The van der Waals surface area contributed by atoms with Gasteiger partial charge in [-0.15, -0.1) is 0 Å². The molecule has 1 aliphatic heterocycles. The minimum absolute atomic E-state index is 0.120. The number of ether oxygens (including phenoxy) is 3. The second-order valence-corrected chi connectivity index (χ2v) is 8.97. The summed E-state index contributed by atoms with van der Waals surface area (Å²) in [5.74, 6) is -1.72. The van der Waals surface area contributed by atoms with E-state index in [2.05, 4.69) is 4.98 Å². The number of Topliss-reactive ketones (excluding diaryl/α,β-unsaturated/α-hetero) is 1. The first-order chi connectivity index (χ1) is 17.2. The monoisotopic (exact) mass is 508 g/mol. The van der Waals surface area contributed by atoms with Gasteiger partial charge < -0.3 is 19.3 Å². The third kappa shape index (κ3) is 4.09. The highest BCUT2D eigenvalue weighted by atomic mass is 32.1. The lowest BCUT2D eigenvalue weighted by Gasteiger charge is -2.24. The number of carbonyl (C=O) groups is 3. The number of aliphatic hydroxyl groups excluding tert-OH is 1. The first-order valence-electron chi connectivity index (χ1n) is 10.9. The molecular weight excluding hydrogens is 484 g/mol. The van der Waals surface area contributed by atoms with Crippen molar-refractivity contribution in [3.8, 4) is 11.5 Å². The fraction of sp³-hybridized carbons (Fsp3) is 0.231. The summed E-state index contributed by atoms with van der Waals surface area (Å²) in [6, 6.07) is 10.8. The first-order valence-corrected chi connectivity index (χ1v) is 11.7. The number of hydrogen-bond donors (Lipinski definition) is 1. The fourth-order valence-corrected chi connectivity index (χ4v) is 5.17. The number of aromatic nitrogens is 1. The predicted molar refractivity (Wildman–Crippen MR) is 134 cm³/mol. The van der Waals surface area contributed by atoms with Crippen molar-refractivity contribution in [2.45, 2.75) is 19.9 Å². The molecule has 1 aromatic heterocycles. The average molecular weight is 509 g/mol. The van der Waals surface area contributed by atoms with E-state index >= 15 is 0 Å². The molecule has 2 aromatic carbocycles. The Balaban J connectivity index is 1.98. The van der Waals surface area contributed by atoms with Gasteiger partial charge in [-0.25, -0.2) is 9.78 Å². The minimum Gasteiger partial charge on any atom is -0.507 e. The summed E-state index contributed by atoms with van der Waals surface area (Å²) in [5, 5.41) is 11.5. The zero-order chi connectivity index (χ0) is 26.1. The molecule has 0 unspecified atom stereocenters. The van der Waals surface area contributed by atoms with Crippen LogP contribution in [0, 0.1) is 13.8 Å². The van der Waals surface area contributed by atoms with Crippen LogP contribution in [0.2, 0.25) is 0 Å². The number of para-hydroxylation sites is 1. The van der Waals surface area contributed by atoms with E-state index in [1.165, 1.54) is 26.2 Å². The number of hydrogen-bond acceptors (Lipinski definition) is 9. The number of aliphatic hydroxyl groups is 1. The molecule has 0 bridgehead atoms. The number of methoxy groups -OCH3 is 3. The number of esters is 1. The van der Waals surface area contributed by atoms with Crippen molar-refractivity contribution >= 4 is 39.9 Å². The van der Waals surface area contributed by atoms with Gasteiger partial charge in [0.1, 0.15) is 28.2 Å². The first kappa shape index (κ1) is 24.9. The van der Waals surface area contributed by atoms with Gasteiger partial charge >= 0.3 is 11.9 Å². The highest BCUT2D eigenvalue weighted by Gasteiger charge is 2.49. The molecule has 36 heavy (non-hydrogen) atoms. The molecule has 0 spiro atoms. The van der Waals surface area contributed by atoms with E-state index in [1.807, 2.05) is 0 Å². The Kier molecular flexibility index (Phi) is 6.80. The van der Waals surface area contributed by atoms with Crippen molar-refractivity contribution in [2.24, 2.45) is 0 Å². The van der Waals surface area contributed by atoms with Gasteiger partial charge in [-0.2, -0.15) is 0 Å². The van der Waals surface area contributed by atoms with Crippen LogP contribution in [0.15, 0.2) is 48.0 Å². The van der Waals surface area contributed by atoms with Gasteiger partial charge in [0.15, 0.2) is 5.13 Å². The van der Waals surface area contributed by atoms with E-state index in [0.717, 1.165) is 11.3 Å². The van der Waals surface area contributed by atoms with Crippen LogP contribution in [0.5, 0.6) is 11.5 Å². The van der Waals surface area contributed by atoms with Crippen LogP contribution in [-0.4, -0.2) is 49.1 Å². The third-order valence-electron chi connectivity index (χ3n) is 5.93. The lowest BCUT2D eigenvalue weighted by Crippen LogP contribution is -2.29. The molecule has 1 fully saturated rings. The molecule has 10 heteroatoms. The molecule has 1 aliphatic rings. The molecule has 0 saturated carbocycles. The molecule has 4 rings (SSSR count). The van der Waals surface area contributed by atoms with E-state index in [4.69, 9.17) is 14.2 Å². The van der Waals surface area contributed by atoms with Crippen LogP contribution < -0.4 is 14.4 Å². The quantitative estimate of drug-likeness (QED) is 0.228. The zero-order valence-electron chi connectivity index (χ0n) is 20.3. The fourth-order valence-electron chi connectivity index (χ4n) is 4.16. The maximum atomic E-state index is 13.4. The van der Waals surface area contributed by atoms with Crippen molar-refractivity contribution < 1.29 is 33.7 Å². The van der Waals surface area contributed by atoms with Crippen molar-refractivity contribution in [1.29, 1.82) is 0 Å². The third-order valence-corrected chi connectivity index (χ3v) is 7.07. The Labute approximate surface area is 211 Å². The summed E-state index contributed by atoms with van der Waals surface area (Å²) >= 11 is 0.930. The summed E-state index contributed by atoms with van der Waals surface area (Å²) in [4.78, 5) is 44.8. The summed E-state index contributed by atoms with van der Waals surface area (Å²) in [6.07, 6.45) is 0. The molecule has 1 N–H and O–H groups in total. The Morgan fingerprint density at radius 3 is 2.42 bits per heavy atom. The number of anilines is 1. The Hall–Kier alpha value is -4.18. The average Bonchev–Trinajstić information content (AvgIpc) is 3.39. The van der Waals surface area contributed by atoms with Crippen molar-refractivity contribution in [2.75, 3.05) is 26.2 Å². The molecule has 1 saturated heterocycles. The zero-order valence-corrected chi connectivity index (χ0v) is 21.1. The molecule has 0 radical (unpaired) electrons. The summed E-state index contributed by atoms with van der Waals surface area (Å²) < 4.78 is 15.6.